The Hall–Kier alpha value is -7.34. The molecule has 3 nitrogen and oxygen atoms in total. The third-order valence-corrected chi connectivity index (χ3v) is 17.3. The van der Waals surface area contributed by atoms with Gasteiger partial charge in [0, 0.05) is 29.0 Å². The maximum absolute atomic E-state index is 7.08. The summed E-state index contributed by atoms with van der Waals surface area (Å²) in [6, 6.07) is 79.3. The molecule has 9 aromatic carbocycles. The molecular weight excluding hydrogens is 733 g/mol. The average molecular weight is 770 g/mol. The smallest absolute Gasteiger partial charge is 0.260 e. The second kappa shape index (κ2) is 13.4. The van der Waals surface area contributed by atoms with Crippen molar-refractivity contribution in [3.63, 3.8) is 0 Å². The fourth-order valence-electron chi connectivity index (χ4n) is 9.92. The lowest BCUT2D eigenvalue weighted by molar-refractivity contribution is 0.465. The van der Waals surface area contributed by atoms with E-state index in [9.17, 15) is 0 Å². The van der Waals surface area contributed by atoms with E-state index in [1.807, 2.05) is 0 Å². The van der Waals surface area contributed by atoms with Crippen molar-refractivity contribution in [1.29, 1.82) is 0 Å². The van der Waals surface area contributed by atoms with Crippen molar-refractivity contribution in [2.45, 2.75) is 0 Å². The molecular formula is C54H36BNO2Si. The van der Waals surface area contributed by atoms with Gasteiger partial charge in [-0.2, -0.15) is 0 Å². The van der Waals surface area contributed by atoms with Crippen LogP contribution in [-0.4, -0.2) is 14.8 Å². The minimum absolute atomic E-state index is 0.0617. The van der Waals surface area contributed by atoms with E-state index in [1.54, 1.807) is 0 Å². The van der Waals surface area contributed by atoms with Crippen molar-refractivity contribution >= 4 is 69.0 Å². The Morgan fingerprint density at radius 3 is 1.22 bits per heavy atom. The fraction of sp³-hybridized carbons (Fsp3) is 0. The van der Waals surface area contributed by atoms with E-state index >= 15 is 0 Å². The summed E-state index contributed by atoms with van der Waals surface area (Å²) in [6.45, 7) is -0.0617. The van der Waals surface area contributed by atoms with Crippen LogP contribution in [0.5, 0.6) is 23.0 Å². The van der Waals surface area contributed by atoms with Crippen LogP contribution in [0.4, 0.5) is 17.1 Å². The molecule has 3 aliphatic rings. The zero-order valence-electron chi connectivity index (χ0n) is 32.1. The average Bonchev–Trinajstić information content (AvgIpc) is 3.31. The minimum Gasteiger partial charge on any atom is -0.458 e. The highest BCUT2D eigenvalue weighted by molar-refractivity contribution is 7.21. The number of rotatable bonds is 5. The number of para-hydroxylation sites is 2. The molecule has 3 aliphatic heterocycles. The molecule has 59 heavy (non-hydrogen) atoms. The number of benzene rings is 9. The van der Waals surface area contributed by atoms with Crippen LogP contribution in [0.15, 0.2) is 218 Å². The first-order valence-corrected chi connectivity index (χ1v) is 22.3. The van der Waals surface area contributed by atoms with E-state index in [1.165, 1.54) is 32.1 Å². The van der Waals surface area contributed by atoms with Crippen molar-refractivity contribution in [2.24, 2.45) is 0 Å². The quantitative estimate of drug-likeness (QED) is 0.163. The van der Waals surface area contributed by atoms with E-state index in [0.29, 0.717) is 0 Å². The molecule has 12 rings (SSSR count). The van der Waals surface area contributed by atoms with Gasteiger partial charge in [0.15, 0.2) is 8.07 Å². The number of fused-ring (bicyclic) bond motifs is 6. The lowest BCUT2D eigenvalue weighted by Crippen LogP contribution is -2.77. The largest absolute Gasteiger partial charge is 0.458 e. The molecule has 0 spiro atoms. The van der Waals surface area contributed by atoms with Crippen LogP contribution in [0.1, 0.15) is 0 Å². The fourth-order valence-corrected chi connectivity index (χ4v) is 15.0. The number of nitrogens with zero attached hydrogens (tertiary/aromatic N) is 1. The van der Waals surface area contributed by atoms with Gasteiger partial charge in [0.05, 0.1) is 5.69 Å². The predicted molar refractivity (Wildman–Crippen MR) is 247 cm³/mol. The number of hydrogen-bond acceptors (Lipinski definition) is 3. The van der Waals surface area contributed by atoms with Gasteiger partial charge in [-0.1, -0.05) is 182 Å². The first-order chi connectivity index (χ1) is 29.3. The van der Waals surface area contributed by atoms with Crippen molar-refractivity contribution in [2.75, 3.05) is 4.90 Å². The Bertz CT molecular complexity index is 2860. The Labute approximate surface area is 345 Å². The molecule has 0 bridgehead atoms. The highest BCUT2D eigenvalue weighted by Gasteiger charge is 2.49. The summed E-state index contributed by atoms with van der Waals surface area (Å²) in [6.07, 6.45) is 0. The van der Waals surface area contributed by atoms with Crippen LogP contribution >= 0.6 is 0 Å². The van der Waals surface area contributed by atoms with E-state index in [4.69, 9.17) is 9.47 Å². The maximum atomic E-state index is 7.08. The van der Waals surface area contributed by atoms with E-state index < -0.39 is 8.07 Å². The normalized spacial score (nSPS) is 13.8. The molecule has 0 aliphatic carbocycles. The van der Waals surface area contributed by atoms with Gasteiger partial charge in [-0.25, -0.2) is 0 Å². The van der Waals surface area contributed by atoms with E-state index in [-0.39, 0.29) is 6.71 Å². The SMILES string of the molecule is c1ccc(-c2ccc3c(c2)Oc2cc(N4c5ccccc5[Si](c5ccccc5)(c5ccccc5)c5ccccc54)cc4c2B3c2ccc(-c3ccccc3)cc2O4)cc1. The summed E-state index contributed by atoms with van der Waals surface area (Å²) in [5.74, 6) is 3.36. The third-order valence-electron chi connectivity index (χ3n) is 12.5. The van der Waals surface area contributed by atoms with Gasteiger partial charge in [-0.05, 0) is 78.2 Å². The molecule has 0 atom stereocenters. The first kappa shape index (κ1) is 33.8. The second-order valence-corrected chi connectivity index (χ2v) is 19.3. The highest BCUT2D eigenvalue weighted by Crippen LogP contribution is 2.44. The van der Waals surface area contributed by atoms with Crippen LogP contribution in [0.2, 0.25) is 0 Å². The summed E-state index contributed by atoms with van der Waals surface area (Å²) in [7, 11) is -2.78. The standard InChI is InChI=1S/C54H36BNO2Si/c1-5-17-37(18-6-1)39-29-31-44-48(33-39)57-50-35-41(36-51-54(50)55(44)45-32-30-40(34-49(45)58-51)38-19-7-2-8-20-38)56-46-25-13-15-27-52(46)59(42-21-9-3-10-22-42,43-23-11-4-12-24-43)53-28-16-14-26-47(53)56/h1-36H. The van der Waals surface area contributed by atoms with Gasteiger partial charge in [0.1, 0.15) is 23.0 Å². The van der Waals surface area contributed by atoms with Crippen molar-refractivity contribution < 1.29 is 9.47 Å². The number of anilines is 3. The van der Waals surface area contributed by atoms with Gasteiger partial charge in [0.25, 0.3) is 6.71 Å². The Kier molecular flexibility index (Phi) is 7.65. The van der Waals surface area contributed by atoms with Gasteiger partial charge >= 0.3 is 0 Å². The van der Waals surface area contributed by atoms with E-state index in [2.05, 4.69) is 223 Å². The molecule has 0 unspecified atom stereocenters. The molecule has 3 heterocycles. The van der Waals surface area contributed by atoms with Gasteiger partial charge in [-0.3, -0.25) is 0 Å². The zero-order chi connectivity index (χ0) is 38.9. The first-order valence-electron chi connectivity index (χ1n) is 20.3. The number of ether oxygens (including phenoxy) is 2. The summed E-state index contributed by atoms with van der Waals surface area (Å²) in [5.41, 5.74) is 11.2. The molecule has 0 saturated heterocycles. The highest BCUT2D eigenvalue weighted by atomic mass is 28.3. The van der Waals surface area contributed by atoms with Crippen molar-refractivity contribution in [3.8, 4) is 45.3 Å². The number of hydrogen-bond donors (Lipinski definition) is 0. The van der Waals surface area contributed by atoms with Crippen LogP contribution in [0.25, 0.3) is 22.3 Å². The van der Waals surface area contributed by atoms with Crippen LogP contribution in [0.3, 0.4) is 0 Å². The molecule has 0 saturated carbocycles. The minimum atomic E-state index is -2.78. The third kappa shape index (κ3) is 5.15. The van der Waals surface area contributed by atoms with Crippen LogP contribution in [-0.2, 0) is 0 Å². The van der Waals surface area contributed by atoms with Crippen LogP contribution < -0.4 is 51.5 Å². The maximum Gasteiger partial charge on any atom is 0.260 e. The van der Waals surface area contributed by atoms with Crippen molar-refractivity contribution in [3.05, 3.63) is 218 Å². The van der Waals surface area contributed by atoms with Gasteiger partial charge in [0.2, 0.25) is 0 Å². The molecule has 0 fully saturated rings. The lowest BCUT2D eigenvalue weighted by Gasteiger charge is -2.45. The molecule has 276 valence electrons. The van der Waals surface area contributed by atoms with Crippen LogP contribution in [0, 0.1) is 0 Å². The Morgan fingerprint density at radius 2 is 0.763 bits per heavy atom. The molecule has 0 radical (unpaired) electrons. The molecule has 0 N–H and O–H groups in total. The summed E-state index contributed by atoms with van der Waals surface area (Å²) in [5, 5.41) is 5.41. The molecule has 0 amide bonds. The summed E-state index contributed by atoms with van der Waals surface area (Å²) >= 11 is 0. The lowest BCUT2D eigenvalue weighted by atomic mass is 9.34. The monoisotopic (exact) mass is 769 g/mol. The topological polar surface area (TPSA) is 21.7 Å². The Balaban J connectivity index is 1.09. The van der Waals surface area contributed by atoms with Crippen molar-refractivity contribution in [1.82, 2.24) is 0 Å². The molecule has 9 aromatic rings. The molecule has 5 heteroatoms. The molecule has 0 aromatic heterocycles. The summed E-state index contributed by atoms with van der Waals surface area (Å²) < 4.78 is 14.2. The summed E-state index contributed by atoms with van der Waals surface area (Å²) in [4.78, 5) is 2.44. The predicted octanol–water partition coefficient (Wildman–Crippen LogP) is 8.91. The zero-order valence-corrected chi connectivity index (χ0v) is 33.1. The Morgan fingerprint density at radius 1 is 0.356 bits per heavy atom. The second-order valence-electron chi connectivity index (χ2n) is 15.6. The van der Waals surface area contributed by atoms with Gasteiger partial charge < -0.3 is 14.4 Å². The van der Waals surface area contributed by atoms with E-state index in [0.717, 1.165) is 67.3 Å². The van der Waals surface area contributed by atoms with Gasteiger partial charge in [-0.15, -0.1) is 0 Å².